The summed E-state index contributed by atoms with van der Waals surface area (Å²) in [6, 6.07) is 8.57. The average Bonchev–Trinajstić information content (AvgIpc) is 3.24. The second-order valence-corrected chi connectivity index (χ2v) is 9.10. The predicted molar refractivity (Wildman–Crippen MR) is 121 cm³/mol. The van der Waals surface area contributed by atoms with Gasteiger partial charge in [0.25, 0.3) is 0 Å². The van der Waals surface area contributed by atoms with E-state index in [0.717, 1.165) is 50.2 Å². The van der Waals surface area contributed by atoms with Crippen molar-refractivity contribution in [3.63, 3.8) is 0 Å². The summed E-state index contributed by atoms with van der Waals surface area (Å²) >= 11 is 6.61. The maximum atomic E-state index is 13.7. The maximum Gasteiger partial charge on any atom is 0.321 e. The van der Waals surface area contributed by atoms with Crippen molar-refractivity contribution >= 4 is 23.3 Å². The Labute approximate surface area is 192 Å². The fraction of sp³-hybridized carbons (Fsp3) is 0.458. The zero-order valence-corrected chi connectivity index (χ0v) is 18.9. The standard InChI is InChI=1S/C24H28ClF2N3O2/c1-29(24(31)28-21-8-7-18(26)13-20(21)27)14-16-11-19(12-16)32-22-6-4-5-17(23(22)25)15-30-9-2-3-10-30/h4-8,13,16,19H,2-3,9-12,14-15H2,1H3,(H,28,31). The number of anilines is 1. The molecule has 1 heterocycles. The number of urea groups is 1. The van der Waals surface area contributed by atoms with Crippen molar-refractivity contribution in [1.82, 2.24) is 9.80 Å². The summed E-state index contributed by atoms with van der Waals surface area (Å²) in [5.41, 5.74) is 1.05. The second-order valence-electron chi connectivity index (χ2n) is 8.72. The lowest BCUT2D eigenvalue weighted by molar-refractivity contribution is 0.0532. The number of benzene rings is 2. The quantitative estimate of drug-likeness (QED) is 0.586. The highest BCUT2D eigenvalue weighted by atomic mass is 35.5. The summed E-state index contributed by atoms with van der Waals surface area (Å²) in [4.78, 5) is 16.2. The number of halogens is 3. The van der Waals surface area contributed by atoms with Crippen molar-refractivity contribution in [2.75, 3.05) is 32.0 Å². The molecule has 1 aliphatic heterocycles. The van der Waals surface area contributed by atoms with E-state index in [1.54, 1.807) is 7.05 Å². The topological polar surface area (TPSA) is 44.8 Å². The fourth-order valence-electron chi connectivity index (χ4n) is 4.32. The van der Waals surface area contributed by atoms with Crippen molar-refractivity contribution in [3.05, 3.63) is 58.6 Å². The Balaban J connectivity index is 1.24. The first-order valence-electron chi connectivity index (χ1n) is 11.0. The predicted octanol–water partition coefficient (Wildman–Crippen LogP) is 5.54. The second kappa shape index (κ2) is 10.0. The maximum absolute atomic E-state index is 13.7. The number of nitrogens with one attached hydrogen (secondary N) is 1. The van der Waals surface area contributed by atoms with Gasteiger partial charge in [-0.3, -0.25) is 4.90 Å². The van der Waals surface area contributed by atoms with Crippen molar-refractivity contribution in [3.8, 4) is 5.75 Å². The molecule has 0 unspecified atom stereocenters. The van der Waals surface area contributed by atoms with Gasteiger partial charge in [0.05, 0.1) is 16.8 Å². The number of nitrogens with zero attached hydrogens (tertiary/aromatic N) is 2. The summed E-state index contributed by atoms with van der Waals surface area (Å²) in [6.45, 7) is 3.59. The van der Waals surface area contributed by atoms with Gasteiger partial charge in [0, 0.05) is 26.2 Å². The molecule has 4 rings (SSSR count). The molecule has 0 aromatic heterocycles. The summed E-state index contributed by atoms with van der Waals surface area (Å²) in [5.74, 6) is -0.478. The van der Waals surface area contributed by atoms with Crippen LogP contribution in [0.25, 0.3) is 0 Å². The van der Waals surface area contributed by atoms with Gasteiger partial charge < -0.3 is 15.0 Å². The fourth-order valence-corrected chi connectivity index (χ4v) is 4.55. The molecular weight excluding hydrogens is 436 g/mol. The Kier molecular flexibility index (Phi) is 7.16. The van der Waals surface area contributed by atoms with Gasteiger partial charge in [-0.25, -0.2) is 13.6 Å². The zero-order chi connectivity index (χ0) is 22.7. The third-order valence-corrected chi connectivity index (χ3v) is 6.60. The molecule has 2 aromatic rings. The van der Waals surface area contributed by atoms with Crippen LogP contribution in [-0.4, -0.2) is 48.6 Å². The van der Waals surface area contributed by atoms with Crippen LogP contribution >= 0.6 is 11.6 Å². The van der Waals surface area contributed by atoms with Crippen LogP contribution in [0.2, 0.25) is 5.02 Å². The van der Waals surface area contributed by atoms with E-state index in [0.29, 0.717) is 23.2 Å². The molecule has 2 fully saturated rings. The van der Waals surface area contributed by atoms with Gasteiger partial charge in [0.15, 0.2) is 0 Å². The van der Waals surface area contributed by atoms with Gasteiger partial charge in [-0.15, -0.1) is 0 Å². The number of rotatable bonds is 7. The third-order valence-electron chi connectivity index (χ3n) is 6.17. The molecule has 1 N–H and O–H groups in total. The first kappa shape index (κ1) is 22.8. The van der Waals surface area contributed by atoms with E-state index in [2.05, 4.69) is 16.3 Å². The van der Waals surface area contributed by atoms with Crippen LogP contribution < -0.4 is 10.1 Å². The molecule has 32 heavy (non-hydrogen) atoms. The Hall–Kier alpha value is -2.38. The van der Waals surface area contributed by atoms with E-state index in [9.17, 15) is 13.6 Å². The molecule has 1 saturated heterocycles. The van der Waals surface area contributed by atoms with Crippen molar-refractivity contribution in [1.29, 1.82) is 0 Å². The number of ether oxygens (including phenoxy) is 1. The lowest BCUT2D eigenvalue weighted by atomic mass is 9.82. The normalized spacial score (nSPS) is 20.6. The minimum Gasteiger partial charge on any atom is -0.489 e. The van der Waals surface area contributed by atoms with Gasteiger partial charge in [-0.05, 0) is 68.5 Å². The van der Waals surface area contributed by atoms with Crippen molar-refractivity contribution in [2.45, 2.75) is 38.3 Å². The van der Waals surface area contributed by atoms with Crippen LogP contribution in [0.3, 0.4) is 0 Å². The minimum absolute atomic E-state index is 0.0403. The molecule has 172 valence electrons. The number of carbonyl (C=O) groups is 1. The highest BCUT2D eigenvalue weighted by Crippen LogP contribution is 2.36. The van der Waals surface area contributed by atoms with Gasteiger partial charge in [0.2, 0.25) is 0 Å². The Morgan fingerprint density at radius 3 is 2.69 bits per heavy atom. The highest BCUT2D eigenvalue weighted by Gasteiger charge is 2.33. The highest BCUT2D eigenvalue weighted by molar-refractivity contribution is 6.32. The molecule has 0 atom stereocenters. The average molecular weight is 464 g/mol. The number of carbonyl (C=O) groups excluding carboxylic acids is 1. The number of amides is 2. The minimum atomic E-state index is -0.798. The van der Waals surface area contributed by atoms with E-state index < -0.39 is 17.7 Å². The summed E-state index contributed by atoms with van der Waals surface area (Å²) < 4.78 is 32.9. The van der Waals surface area contributed by atoms with Crippen LogP contribution in [-0.2, 0) is 6.54 Å². The number of likely N-dealkylation sites (tertiary alicyclic amines) is 1. The molecule has 8 heteroatoms. The number of hydrogen-bond donors (Lipinski definition) is 1. The Morgan fingerprint density at radius 1 is 1.22 bits per heavy atom. The molecule has 2 aliphatic rings. The first-order valence-corrected chi connectivity index (χ1v) is 11.4. The molecule has 5 nitrogen and oxygen atoms in total. The zero-order valence-electron chi connectivity index (χ0n) is 18.1. The van der Waals surface area contributed by atoms with Gasteiger partial charge in [-0.2, -0.15) is 0 Å². The van der Waals surface area contributed by atoms with Crippen LogP contribution in [0.4, 0.5) is 19.3 Å². The largest absolute Gasteiger partial charge is 0.489 e. The summed E-state index contributed by atoms with van der Waals surface area (Å²) in [5, 5.41) is 3.16. The van der Waals surface area contributed by atoms with Crippen molar-refractivity contribution < 1.29 is 18.3 Å². The molecule has 1 aliphatic carbocycles. The molecule has 2 aromatic carbocycles. The molecule has 0 radical (unpaired) electrons. The van der Waals surface area contributed by atoms with Crippen LogP contribution in [0.15, 0.2) is 36.4 Å². The summed E-state index contributed by atoms with van der Waals surface area (Å²) in [6.07, 6.45) is 4.17. The first-order chi connectivity index (χ1) is 15.4. The van der Waals surface area contributed by atoms with Gasteiger partial charge in [0.1, 0.15) is 17.4 Å². The molecule has 0 bridgehead atoms. The van der Waals surface area contributed by atoms with Crippen LogP contribution in [0, 0.1) is 17.6 Å². The van der Waals surface area contributed by atoms with Crippen molar-refractivity contribution in [2.24, 2.45) is 5.92 Å². The SMILES string of the molecule is CN(CC1CC(Oc2cccc(CN3CCCC3)c2Cl)C1)C(=O)Nc1ccc(F)cc1F. The van der Waals surface area contributed by atoms with Gasteiger partial charge in [-0.1, -0.05) is 23.7 Å². The molecular formula is C24H28ClF2N3O2. The van der Waals surface area contributed by atoms with Crippen LogP contribution in [0.1, 0.15) is 31.2 Å². The number of hydrogen-bond acceptors (Lipinski definition) is 3. The Bertz CT molecular complexity index is 962. The van der Waals surface area contributed by atoms with E-state index in [-0.39, 0.29) is 11.8 Å². The molecule has 2 amide bonds. The molecule has 1 saturated carbocycles. The molecule has 0 spiro atoms. The third kappa shape index (κ3) is 5.51. The lowest BCUT2D eigenvalue weighted by Crippen LogP contribution is -2.43. The van der Waals surface area contributed by atoms with Gasteiger partial charge >= 0.3 is 6.03 Å². The lowest BCUT2D eigenvalue weighted by Gasteiger charge is -2.37. The van der Waals surface area contributed by atoms with E-state index in [1.165, 1.54) is 23.8 Å². The van der Waals surface area contributed by atoms with E-state index in [4.69, 9.17) is 16.3 Å². The monoisotopic (exact) mass is 463 g/mol. The summed E-state index contributed by atoms with van der Waals surface area (Å²) in [7, 11) is 1.66. The smallest absolute Gasteiger partial charge is 0.321 e. The van der Waals surface area contributed by atoms with Crippen LogP contribution in [0.5, 0.6) is 5.75 Å². The van der Waals surface area contributed by atoms with E-state index >= 15 is 0 Å². The van der Waals surface area contributed by atoms with E-state index in [1.807, 2.05) is 12.1 Å². The Morgan fingerprint density at radius 2 is 1.97 bits per heavy atom.